The van der Waals surface area contributed by atoms with Crippen LogP contribution in [-0.4, -0.2) is 18.6 Å². The normalized spacial score (nSPS) is 11.5. The molecule has 0 aromatic heterocycles. The maximum Gasteiger partial charge on any atom is 0.227 e. The summed E-state index contributed by atoms with van der Waals surface area (Å²) >= 11 is 0. The van der Waals surface area contributed by atoms with Gasteiger partial charge in [0.1, 0.15) is 5.75 Å². The van der Waals surface area contributed by atoms with Crippen molar-refractivity contribution < 1.29 is 9.53 Å². The Bertz CT molecular complexity index is 428. The van der Waals surface area contributed by atoms with Gasteiger partial charge in [-0.15, -0.1) is 0 Å². The number of hydrogen-bond donors (Lipinski definition) is 2. The molecule has 0 aliphatic rings. The predicted octanol–water partition coefficient (Wildman–Crippen LogP) is 2.86. The Kier molecular flexibility index (Phi) is 6.69. The van der Waals surface area contributed by atoms with Crippen LogP contribution in [0.2, 0.25) is 0 Å². The highest BCUT2D eigenvalue weighted by molar-refractivity contribution is 5.82. The minimum absolute atomic E-state index is 0.0394. The van der Waals surface area contributed by atoms with Crippen LogP contribution in [0.1, 0.15) is 46.1 Å². The van der Waals surface area contributed by atoms with Crippen molar-refractivity contribution in [2.45, 2.75) is 53.2 Å². The van der Waals surface area contributed by atoms with Crippen LogP contribution in [0.3, 0.4) is 0 Å². The molecule has 0 aliphatic carbocycles. The summed E-state index contributed by atoms with van der Waals surface area (Å²) in [7, 11) is 0. The Morgan fingerprint density at radius 2 is 1.81 bits per heavy atom. The lowest BCUT2D eigenvalue weighted by Gasteiger charge is -2.28. The number of hydrogen-bond acceptors (Lipinski definition) is 3. The lowest BCUT2D eigenvalue weighted by Crippen LogP contribution is -2.45. The molecule has 0 heterocycles. The van der Waals surface area contributed by atoms with Crippen LogP contribution in [0.4, 0.5) is 0 Å². The average molecular weight is 292 g/mol. The van der Waals surface area contributed by atoms with E-state index in [1.165, 1.54) is 0 Å². The number of rotatable bonds is 8. The van der Waals surface area contributed by atoms with Crippen LogP contribution in [0.15, 0.2) is 24.3 Å². The van der Waals surface area contributed by atoms with Gasteiger partial charge in [-0.05, 0) is 44.4 Å². The Balaban J connectivity index is 2.60. The molecule has 21 heavy (non-hydrogen) atoms. The maximum absolute atomic E-state index is 12.3. The van der Waals surface area contributed by atoms with Crippen molar-refractivity contribution >= 4 is 5.91 Å². The average Bonchev–Trinajstić information content (AvgIpc) is 2.48. The molecule has 1 rings (SSSR count). The van der Waals surface area contributed by atoms with Crippen molar-refractivity contribution in [3.63, 3.8) is 0 Å². The molecule has 0 bridgehead atoms. The molecule has 0 saturated carbocycles. The molecule has 1 amide bonds. The maximum atomic E-state index is 12.3. The lowest BCUT2D eigenvalue weighted by atomic mass is 9.81. The van der Waals surface area contributed by atoms with Gasteiger partial charge >= 0.3 is 0 Å². The fraction of sp³-hybridized carbons (Fsp3) is 0.588. The zero-order valence-corrected chi connectivity index (χ0v) is 13.6. The Morgan fingerprint density at radius 1 is 1.24 bits per heavy atom. The smallest absolute Gasteiger partial charge is 0.227 e. The number of carbonyl (C=O) groups excluding carboxylic acids is 1. The molecule has 4 nitrogen and oxygen atoms in total. The van der Waals surface area contributed by atoms with Gasteiger partial charge in [0.2, 0.25) is 5.91 Å². The van der Waals surface area contributed by atoms with Crippen LogP contribution in [0.25, 0.3) is 0 Å². The summed E-state index contributed by atoms with van der Waals surface area (Å²) in [4.78, 5) is 12.3. The summed E-state index contributed by atoms with van der Waals surface area (Å²) in [6.07, 6.45) is 1.68. The van der Waals surface area contributed by atoms with Crippen molar-refractivity contribution in [2.75, 3.05) is 6.54 Å². The third kappa shape index (κ3) is 4.74. The molecule has 118 valence electrons. The number of amides is 1. The number of nitrogens with two attached hydrogens (primary N) is 1. The molecule has 1 aromatic carbocycles. The molecule has 0 radical (unpaired) electrons. The third-order valence-electron chi connectivity index (χ3n) is 3.97. The van der Waals surface area contributed by atoms with E-state index in [1.54, 1.807) is 0 Å². The van der Waals surface area contributed by atoms with Gasteiger partial charge in [0.05, 0.1) is 11.5 Å². The predicted molar refractivity (Wildman–Crippen MR) is 86.1 cm³/mol. The number of ether oxygens (including phenoxy) is 1. The van der Waals surface area contributed by atoms with Gasteiger partial charge in [-0.25, -0.2) is 0 Å². The number of carbonyl (C=O) groups is 1. The Hall–Kier alpha value is -1.55. The summed E-state index contributed by atoms with van der Waals surface area (Å²) in [5.74, 6) is 0.885. The minimum Gasteiger partial charge on any atom is -0.491 e. The largest absolute Gasteiger partial charge is 0.491 e. The molecular weight excluding hydrogens is 264 g/mol. The quantitative estimate of drug-likeness (QED) is 0.774. The molecule has 0 spiro atoms. The van der Waals surface area contributed by atoms with Gasteiger partial charge in [-0.1, -0.05) is 26.0 Å². The van der Waals surface area contributed by atoms with Crippen LogP contribution in [-0.2, 0) is 11.3 Å². The van der Waals surface area contributed by atoms with Gasteiger partial charge < -0.3 is 15.8 Å². The monoisotopic (exact) mass is 292 g/mol. The SMILES string of the molecule is CCC(CC)(CN)C(=O)NCc1ccc(OC(C)C)cc1. The topological polar surface area (TPSA) is 64.4 Å². The van der Waals surface area contributed by atoms with E-state index in [1.807, 2.05) is 52.0 Å². The van der Waals surface area contributed by atoms with Crippen LogP contribution in [0, 0.1) is 5.41 Å². The van der Waals surface area contributed by atoms with Gasteiger partial charge in [-0.2, -0.15) is 0 Å². The molecular formula is C17H28N2O2. The van der Waals surface area contributed by atoms with E-state index in [2.05, 4.69) is 5.32 Å². The zero-order chi connectivity index (χ0) is 15.9. The summed E-state index contributed by atoms with van der Waals surface area (Å²) in [5, 5.41) is 2.99. The fourth-order valence-electron chi connectivity index (χ4n) is 2.28. The number of benzene rings is 1. The molecule has 0 aliphatic heterocycles. The Morgan fingerprint density at radius 3 is 2.24 bits per heavy atom. The Labute approximate surface area is 128 Å². The minimum atomic E-state index is -0.444. The molecule has 0 saturated heterocycles. The fourth-order valence-corrected chi connectivity index (χ4v) is 2.28. The van der Waals surface area contributed by atoms with E-state index < -0.39 is 5.41 Å². The van der Waals surface area contributed by atoms with Gasteiger partial charge in [0.15, 0.2) is 0 Å². The van der Waals surface area contributed by atoms with Gasteiger partial charge in [-0.3, -0.25) is 4.79 Å². The van der Waals surface area contributed by atoms with Gasteiger partial charge in [0, 0.05) is 13.1 Å². The first-order valence-electron chi connectivity index (χ1n) is 7.71. The summed E-state index contributed by atoms with van der Waals surface area (Å²) in [6.45, 7) is 8.91. The van der Waals surface area contributed by atoms with Crippen molar-refractivity contribution in [3.8, 4) is 5.75 Å². The van der Waals surface area contributed by atoms with Crippen molar-refractivity contribution in [2.24, 2.45) is 11.1 Å². The van der Waals surface area contributed by atoms with E-state index in [4.69, 9.17) is 10.5 Å². The van der Waals surface area contributed by atoms with Crippen molar-refractivity contribution in [1.29, 1.82) is 0 Å². The van der Waals surface area contributed by atoms with E-state index in [0.717, 1.165) is 24.2 Å². The van der Waals surface area contributed by atoms with E-state index in [-0.39, 0.29) is 12.0 Å². The second kappa shape index (κ2) is 8.03. The highest BCUT2D eigenvalue weighted by Gasteiger charge is 2.32. The first kappa shape index (κ1) is 17.5. The summed E-state index contributed by atoms with van der Waals surface area (Å²) in [5.41, 5.74) is 6.40. The van der Waals surface area contributed by atoms with Crippen LogP contribution < -0.4 is 15.8 Å². The second-order valence-electron chi connectivity index (χ2n) is 5.68. The first-order chi connectivity index (χ1) is 9.97. The highest BCUT2D eigenvalue weighted by atomic mass is 16.5. The molecule has 0 fully saturated rings. The summed E-state index contributed by atoms with van der Waals surface area (Å²) in [6, 6.07) is 7.80. The van der Waals surface area contributed by atoms with Gasteiger partial charge in [0.25, 0.3) is 0 Å². The molecule has 0 unspecified atom stereocenters. The number of nitrogens with one attached hydrogen (secondary N) is 1. The molecule has 4 heteroatoms. The first-order valence-corrected chi connectivity index (χ1v) is 7.71. The van der Waals surface area contributed by atoms with E-state index >= 15 is 0 Å². The highest BCUT2D eigenvalue weighted by Crippen LogP contribution is 2.25. The third-order valence-corrected chi connectivity index (χ3v) is 3.97. The lowest BCUT2D eigenvalue weighted by molar-refractivity contribution is -0.131. The van der Waals surface area contributed by atoms with E-state index in [0.29, 0.717) is 13.1 Å². The van der Waals surface area contributed by atoms with Crippen molar-refractivity contribution in [3.05, 3.63) is 29.8 Å². The summed E-state index contributed by atoms with van der Waals surface area (Å²) < 4.78 is 5.60. The molecule has 3 N–H and O–H groups in total. The van der Waals surface area contributed by atoms with Crippen molar-refractivity contribution in [1.82, 2.24) is 5.32 Å². The second-order valence-corrected chi connectivity index (χ2v) is 5.68. The van der Waals surface area contributed by atoms with Crippen LogP contribution in [0.5, 0.6) is 5.75 Å². The van der Waals surface area contributed by atoms with Crippen LogP contribution >= 0.6 is 0 Å². The van der Waals surface area contributed by atoms with E-state index in [9.17, 15) is 4.79 Å². The zero-order valence-electron chi connectivity index (χ0n) is 13.6. The molecule has 1 aromatic rings. The molecule has 0 atom stereocenters. The standard InChI is InChI=1S/C17H28N2O2/c1-5-17(6-2,12-18)16(20)19-11-14-7-9-15(10-8-14)21-13(3)4/h7-10,13H,5-6,11-12,18H2,1-4H3,(H,19,20).